The van der Waals surface area contributed by atoms with E-state index in [0.29, 0.717) is 12.1 Å². The summed E-state index contributed by atoms with van der Waals surface area (Å²) in [5, 5.41) is 3.74. The Labute approximate surface area is 128 Å². The van der Waals surface area contributed by atoms with Crippen LogP contribution in [0.1, 0.15) is 53.4 Å². The number of rotatable bonds is 2. The van der Waals surface area contributed by atoms with Gasteiger partial charge in [0.2, 0.25) is 0 Å². The van der Waals surface area contributed by atoms with E-state index in [0.717, 1.165) is 45.4 Å². The molecule has 5 nitrogen and oxygen atoms in total. The lowest BCUT2D eigenvalue weighted by molar-refractivity contribution is 0.00783. The van der Waals surface area contributed by atoms with Crippen LogP contribution in [0.25, 0.3) is 0 Å². The Hall–Kier alpha value is -0.810. The third-order valence-electron chi connectivity index (χ3n) is 4.20. The molecule has 122 valence electrons. The van der Waals surface area contributed by atoms with Gasteiger partial charge in [-0.2, -0.15) is 0 Å². The maximum atomic E-state index is 12.2. The minimum absolute atomic E-state index is 0.181. The van der Waals surface area contributed by atoms with Crippen molar-refractivity contribution in [2.45, 2.75) is 77.1 Å². The molecule has 0 aromatic rings. The lowest BCUT2D eigenvalue weighted by Crippen LogP contribution is -2.53. The molecule has 2 heterocycles. The Kier molecular flexibility index (Phi) is 5.49. The van der Waals surface area contributed by atoms with E-state index in [-0.39, 0.29) is 12.1 Å². The number of carbonyl (C=O) groups excluding carboxylic acids is 1. The molecule has 0 aromatic carbocycles. The first-order valence-electron chi connectivity index (χ1n) is 8.18. The number of nitrogens with one attached hydrogen (secondary N) is 1. The molecule has 2 unspecified atom stereocenters. The molecule has 0 aliphatic carbocycles. The van der Waals surface area contributed by atoms with Crippen LogP contribution in [0.15, 0.2) is 0 Å². The van der Waals surface area contributed by atoms with Crippen LogP contribution in [0.2, 0.25) is 0 Å². The van der Waals surface area contributed by atoms with Gasteiger partial charge in [-0.3, -0.25) is 0 Å². The Balaban J connectivity index is 1.79. The van der Waals surface area contributed by atoms with Crippen molar-refractivity contribution in [3.63, 3.8) is 0 Å². The molecule has 1 N–H and O–H groups in total. The Morgan fingerprint density at radius 2 is 1.86 bits per heavy atom. The molecule has 2 saturated heterocycles. The highest BCUT2D eigenvalue weighted by atomic mass is 16.6. The van der Waals surface area contributed by atoms with Gasteiger partial charge in [0.1, 0.15) is 5.60 Å². The minimum Gasteiger partial charge on any atom is -0.444 e. The van der Waals surface area contributed by atoms with E-state index in [1.165, 1.54) is 0 Å². The zero-order valence-corrected chi connectivity index (χ0v) is 13.9. The molecule has 2 aliphatic heterocycles. The van der Waals surface area contributed by atoms with Gasteiger partial charge in [0.05, 0.1) is 0 Å². The standard InChI is InChI=1S/C16H30N2O3/c1-12-11-14(17-13-6-9-20-10-7-13)5-8-18(12)15(19)21-16(2,3)4/h12-14,17H,5-11H2,1-4H3. The minimum atomic E-state index is -0.423. The average molecular weight is 298 g/mol. The van der Waals surface area contributed by atoms with E-state index < -0.39 is 5.60 Å². The highest BCUT2D eigenvalue weighted by molar-refractivity contribution is 5.68. The van der Waals surface area contributed by atoms with Gasteiger partial charge < -0.3 is 19.7 Å². The average Bonchev–Trinajstić information content (AvgIpc) is 2.37. The molecular formula is C16H30N2O3. The third kappa shape index (κ3) is 5.15. The van der Waals surface area contributed by atoms with E-state index in [1.807, 2.05) is 25.7 Å². The van der Waals surface area contributed by atoms with Crippen molar-refractivity contribution in [1.29, 1.82) is 0 Å². The number of nitrogens with zero attached hydrogens (tertiary/aromatic N) is 1. The van der Waals surface area contributed by atoms with Crippen molar-refractivity contribution in [1.82, 2.24) is 10.2 Å². The quantitative estimate of drug-likeness (QED) is 0.851. The van der Waals surface area contributed by atoms with E-state index in [4.69, 9.17) is 9.47 Å². The lowest BCUT2D eigenvalue weighted by Gasteiger charge is -2.40. The van der Waals surface area contributed by atoms with Gasteiger partial charge in [-0.1, -0.05) is 0 Å². The number of likely N-dealkylation sites (tertiary alicyclic amines) is 1. The molecule has 21 heavy (non-hydrogen) atoms. The van der Waals surface area contributed by atoms with Gasteiger partial charge in [-0.25, -0.2) is 4.79 Å². The van der Waals surface area contributed by atoms with Gasteiger partial charge >= 0.3 is 6.09 Å². The van der Waals surface area contributed by atoms with Crippen molar-refractivity contribution in [2.75, 3.05) is 19.8 Å². The SMILES string of the molecule is CC1CC(NC2CCOCC2)CCN1C(=O)OC(C)(C)C. The smallest absolute Gasteiger partial charge is 0.410 e. The summed E-state index contributed by atoms with van der Waals surface area (Å²) >= 11 is 0. The number of hydrogen-bond donors (Lipinski definition) is 1. The summed E-state index contributed by atoms with van der Waals surface area (Å²) in [6.45, 7) is 10.4. The van der Waals surface area contributed by atoms with E-state index in [2.05, 4.69) is 12.2 Å². The van der Waals surface area contributed by atoms with Crippen molar-refractivity contribution in [3.05, 3.63) is 0 Å². The van der Waals surface area contributed by atoms with Gasteiger partial charge in [0.15, 0.2) is 0 Å². The molecule has 0 bridgehead atoms. The second-order valence-electron chi connectivity index (χ2n) is 7.30. The van der Waals surface area contributed by atoms with Crippen LogP contribution in [-0.4, -0.2) is 54.5 Å². The Bertz CT molecular complexity index is 348. The van der Waals surface area contributed by atoms with Gasteiger partial charge in [-0.15, -0.1) is 0 Å². The number of carbonyl (C=O) groups is 1. The summed E-state index contributed by atoms with van der Waals surface area (Å²) < 4.78 is 10.9. The molecule has 1 amide bonds. The van der Waals surface area contributed by atoms with E-state index in [1.54, 1.807) is 0 Å². The molecule has 0 radical (unpaired) electrons. The molecule has 2 atom stereocenters. The normalized spacial score (nSPS) is 28.5. The maximum absolute atomic E-state index is 12.2. The zero-order valence-electron chi connectivity index (χ0n) is 13.9. The molecule has 2 rings (SSSR count). The zero-order chi connectivity index (χ0) is 15.5. The maximum Gasteiger partial charge on any atom is 0.410 e. The predicted molar refractivity (Wildman–Crippen MR) is 82.4 cm³/mol. The first kappa shape index (κ1) is 16.6. The molecule has 2 aliphatic rings. The topological polar surface area (TPSA) is 50.8 Å². The monoisotopic (exact) mass is 298 g/mol. The number of amides is 1. The fourth-order valence-corrected chi connectivity index (χ4v) is 3.11. The van der Waals surface area contributed by atoms with Crippen molar-refractivity contribution in [2.24, 2.45) is 0 Å². The van der Waals surface area contributed by atoms with Gasteiger partial charge in [0.25, 0.3) is 0 Å². The second-order valence-corrected chi connectivity index (χ2v) is 7.30. The van der Waals surface area contributed by atoms with Crippen molar-refractivity contribution >= 4 is 6.09 Å². The summed E-state index contributed by atoms with van der Waals surface area (Å²) in [4.78, 5) is 14.1. The van der Waals surface area contributed by atoms with Crippen LogP contribution in [0.4, 0.5) is 4.79 Å². The molecule has 0 spiro atoms. The highest BCUT2D eigenvalue weighted by Crippen LogP contribution is 2.22. The third-order valence-corrected chi connectivity index (χ3v) is 4.20. The summed E-state index contributed by atoms with van der Waals surface area (Å²) in [5.41, 5.74) is -0.423. The molecule has 5 heteroatoms. The van der Waals surface area contributed by atoms with Gasteiger partial charge in [-0.05, 0) is 53.4 Å². The molecule has 0 aromatic heterocycles. The van der Waals surface area contributed by atoms with Crippen LogP contribution in [0, 0.1) is 0 Å². The summed E-state index contributed by atoms with van der Waals surface area (Å²) in [7, 11) is 0. The van der Waals surface area contributed by atoms with Gasteiger partial charge in [0, 0.05) is 37.9 Å². The van der Waals surface area contributed by atoms with Crippen molar-refractivity contribution in [3.8, 4) is 0 Å². The molecular weight excluding hydrogens is 268 g/mol. The van der Waals surface area contributed by atoms with Crippen molar-refractivity contribution < 1.29 is 14.3 Å². The van der Waals surface area contributed by atoms with Crippen LogP contribution < -0.4 is 5.32 Å². The summed E-state index contributed by atoms with van der Waals surface area (Å²) in [6.07, 6.45) is 4.01. The second kappa shape index (κ2) is 6.97. The van der Waals surface area contributed by atoms with Crippen LogP contribution in [0.5, 0.6) is 0 Å². The first-order valence-corrected chi connectivity index (χ1v) is 8.18. The highest BCUT2D eigenvalue weighted by Gasteiger charge is 2.32. The number of hydrogen-bond acceptors (Lipinski definition) is 4. The largest absolute Gasteiger partial charge is 0.444 e. The predicted octanol–water partition coefficient (Wildman–Crippen LogP) is 2.54. The summed E-state index contributed by atoms with van der Waals surface area (Å²) in [5.74, 6) is 0. The fraction of sp³-hybridized carbons (Fsp3) is 0.938. The molecule has 2 fully saturated rings. The van der Waals surface area contributed by atoms with Crippen LogP contribution in [-0.2, 0) is 9.47 Å². The van der Waals surface area contributed by atoms with Crippen LogP contribution in [0.3, 0.4) is 0 Å². The first-order chi connectivity index (χ1) is 9.85. The Morgan fingerprint density at radius 1 is 1.19 bits per heavy atom. The fourth-order valence-electron chi connectivity index (χ4n) is 3.11. The number of ether oxygens (including phenoxy) is 2. The van der Waals surface area contributed by atoms with Crippen LogP contribution >= 0.6 is 0 Å². The lowest BCUT2D eigenvalue weighted by atomic mass is 9.96. The van der Waals surface area contributed by atoms with E-state index >= 15 is 0 Å². The summed E-state index contributed by atoms with van der Waals surface area (Å²) in [6, 6.07) is 1.30. The molecule has 0 saturated carbocycles. The van der Waals surface area contributed by atoms with E-state index in [9.17, 15) is 4.79 Å². The Morgan fingerprint density at radius 3 is 2.43 bits per heavy atom. The number of piperidine rings is 1.